The van der Waals surface area contributed by atoms with E-state index in [0.717, 1.165) is 63.2 Å². The molecule has 0 aromatic heterocycles. The monoisotopic (exact) mass is 910 g/mol. The molecule has 352 valence electrons. The molecule has 6 aromatic rings. The second kappa shape index (κ2) is 25.6. The lowest BCUT2D eigenvalue weighted by molar-refractivity contribution is 0.0695. The van der Waals surface area contributed by atoms with E-state index >= 15 is 0 Å². The Morgan fingerprint density at radius 2 is 0.925 bits per heavy atom. The van der Waals surface area contributed by atoms with Crippen molar-refractivity contribution in [2.24, 2.45) is 5.73 Å². The van der Waals surface area contributed by atoms with Crippen molar-refractivity contribution in [3.05, 3.63) is 179 Å². The molecule has 2 aliphatic heterocycles. The summed E-state index contributed by atoms with van der Waals surface area (Å²) in [5.41, 5.74) is 11.1. The Hall–Kier alpha value is -7.06. The first kappa shape index (κ1) is 49.4. The zero-order valence-electron chi connectivity index (χ0n) is 38.8. The Bertz CT molecular complexity index is 2390. The number of benzene rings is 6. The Balaban J connectivity index is 0.000000185. The van der Waals surface area contributed by atoms with Gasteiger partial charge in [-0.25, -0.2) is 4.79 Å². The second-order valence-corrected chi connectivity index (χ2v) is 16.2. The van der Waals surface area contributed by atoms with Gasteiger partial charge in [0.2, 0.25) is 11.5 Å². The number of methoxy groups -OCH3 is 4. The second-order valence-electron chi connectivity index (χ2n) is 16.2. The van der Waals surface area contributed by atoms with Crippen LogP contribution in [0.3, 0.4) is 0 Å². The normalized spacial score (nSPS) is 15.5. The van der Waals surface area contributed by atoms with Crippen LogP contribution in [-0.2, 0) is 26.3 Å². The third-order valence-corrected chi connectivity index (χ3v) is 11.3. The van der Waals surface area contributed by atoms with Crippen molar-refractivity contribution in [3.8, 4) is 34.5 Å². The number of hydrogen-bond donors (Lipinski definition) is 3. The summed E-state index contributed by atoms with van der Waals surface area (Å²) in [4.78, 5) is 28.9. The standard InChI is InChI=1S/C27H30N2O4.C16H16O5.C11H16N2/c1-31-24-15-22(16-25(32-2)26(24)33-19-21-11-7-4-8-12-21)27(30)28-23-13-14-29(18-23)17-20-9-5-3-6-10-20;1-19-13-8-12(16(17)18)9-14(20-2)15(13)21-10-11-6-4-3-5-7-11;12-11-6-7-13(9-11)8-10-4-2-1-3-5-10/h3-12,15-16,23H,13-14,17-19H2,1-2H3,(H,28,30);3-9H,10H2,1-2H3,(H,17,18);1-5,11H,6-9,12H2/t23-;;11-/m1.1/s1. The van der Waals surface area contributed by atoms with Gasteiger partial charge in [0.05, 0.1) is 34.0 Å². The van der Waals surface area contributed by atoms with Gasteiger partial charge in [-0.05, 0) is 59.4 Å². The summed E-state index contributed by atoms with van der Waals surface area (Å²) in [7, 11) is 6.03. The van der Waals surface area contributed by atoms with Crippen molar-refractivity contribution in [1.82, 2.24) is 15.1 Å². The summed E-state index contributed by atoms with van der Waals surface area (Å²) in [5, 5.41) is 12.2. The first-order valence-corrected chi connectivity index (χ1v) is 22.3. The number of ether oxygens (including phenoxy) is 6. The number of carboxylic acid groups (broad SMARTS) is 1. The number of carboxylic acids is 1. The molecule has 0 saturated carbocycles. The molecule has 8 rings (SSSR count). The summed E-state index contributed by atoms with van der Waals surface area (Å²) in [6, 6.07) is 47.2. The number of nitrogens with zero attached hydrogens (tertiary/aromatic N) is 2. The Morgan fingerprint density at radius 3 is 1.30 bits per heavy atom. The van der Waals surface area contributed by atoms with Gasteiger partial charge in [-0.1, -0.05) is 121 Å². The summed E-state index contributed by atoms with van der Waals surface area (Å²) in [6.07, 6.45) is 2.07. The lowest BCUT2D eigenvalue weighted by Crippen LogP contribution is -2.37. The summed E-state index contributed by atoms with van der Waals surface area (Å²) in [5.74, 6) is 1.24. The molecule has 4 N–H and O–H groups in total. The molecule has 0 unspecified atom stereocenters. The molecule has 2 aliphatic rings. The summed E-state index contributed by atoms with van der Waals surface area (Å²) >= 11 is 0. The maximum absolute atomic E-state index is 13.0. The number of carbonyl (C=O) groups excluding carboxylic acids is 1. The van der Waals surface area contributed by atoms with E-state index in [1.165, 1.54) is 37.5 Å². The van der Waals surface area contributed by atoms with Gasteiger partial charge < -0.3 is 44.6 Å². The van der Waals surface area contributed by atoms with Crippen LogP contribution in [0, 0.1) is 0 Å². The van der Waals surface area contributed by atoms with Crippen LogP contribution in [0.2, 0.25) is 0 Å². The third-order valence-electron chi connectivity index (χ3n) is 11.3. The Labute approximate surface area is 393 Å². The predicted octanol–water partition coefficient (Wildman–Crippen LogP) is 8.49. The van der Waals surface area contributed by atoms with Gasteiger partial charge in [0.25, 0.3) is 5.91 Å². The number of hydrogen-bond acceptors (Lipinski definition) is 11. The zero-order chi connectivity index (χ0) is 47.4. The molecule has 2 heterocycles. The van der Waals surface area contributed by atoms with Crippen LogP contribution in [0.15, 0.2) is 146 Å². The molecule has 2 fully saturated rings. The fourth-order valence-electron chi connectivity index (χ4n) is 7.81. The van der Waals surface area contributed by atoms with Crippen molar-refractivity contribution < 1.29 is 43.1 Å². The fourth-order valence-corrected chi connectivity index (χ4v) is 7.81. The van der Waals surface area contributed by atoms with Gasteiger partial charge in [-0.3, -0.25) is 14.6 Å². The lowest BCUT2D eigenvalue weighted by atomic mass is 10.1. The first-order chi connectivity index (χ1) is 32.7. The third kappa shape index (κ3) is 15.0. The molecule has 1 amide bonds. The molecule has 0 aliphatic carbocycles. The van der Waals surface area contributed by atoms with Gasteiger partial charge in [-0.15, -0.1) is 0 Å². The summed E-state index contributed by atoms with van der Waals surface area (Å²) in [6.45, 7) is 6.63. The Kier molecular flexibility index (Phi) is 18.9. The molecule has 0 radical (unpaired) electrons. The van der Waals surface area contributed by atoms with E-state index in [0.29, 0.717) is 59.3 Å². The molecule has 67 heavy (non-hydrogen) atoms. The topological polar surface area (TPSA) is 154 Å². The highest BCUT2D eigenvalue weighted by Crippen LogP contribution is 2.40. The number of rotatable bonds is 17. The van der Waals surface area contributed by atoms with Crippen molar-refractivity contribution in [1.29, 1.82) is 0 Å². The van der Waals surface area contributed by atoms with Gasteiger partial charge in [0.1, 0.15) is 13.2 Å². The minimum atomic E-state index is -1.05. The van der Waals surface area contributed by atoms with Crippen LogP contribution in [-0.4, -0.2) is 93.5 Å². The van der Waals surface area contributed by atoms with Crippen molar-refractivity contribution in [2.75, 3.05) is 54.6 Å². The number of nitrogens with two attached hydrogens (primary N) is 1. The van der Waals surface area contributed by atoms with Crippen molar-refractivity contribution in [3.63, 3.8) is 0 Å². The SMILES string of the molecule is COc1cc(C(=O)N[C@@H]2CCN(Cc3ccccc3)C2)cc(OC)c1OCc1ccccc1.COc1cc(C(=O)O)cc(OC)c1OCc1ccccc1.N[C@@H]1CCN(Cc2ccccc2)C1. The molecule has 13 heteroatoms. The minimum absolute atomic E-state index is 0.0794. The average Bonchev–Trinajstić information content (AvgIpc) is 4.00. The number of nitrogens with one attached hydrogen (secondary N) is 1. The van der Waals surface area contributed by atoms with Gasteiger partial charge >= 0.3 is 5.97 Å². The van der Waals surface area contributed by atoms with Gasteiger partial charge in [0, 0.05) is 56.9 Å². The number of likely N-dealkylation sites (tertiary alicyclic amines) is 2. The molecule has 2 atom stereocenters. The number of amides is 1. The predicted molar refractivity (Wildman–Crippen MR) is 260 cm³/mol. The molecule has 6 aromatic carbocycles. The molecule has 13 nitrogen and oxygen atoms in total. The van der Waals surface area contributed by atoms with E-state index in [4.69, 9.17) is 39.3 Å². The average molecular weight is 911 g/mol. The maximum atomic E-state index is 13.0. The highest BCUT2D eigenvalue weighted by Gasteiger charge is 2.26. The van der Waals surface area contributed by atoms with Crippen LogP contribution < -0.4 is 39.5 Å². The van der Waals surface area contributed by atoms with E-state index in [1.807, 2.05) is 66.7 Å². The van der Waals surface area contributed by atoms with E-state index in [1.54, 1.807) is 26.4 Å². The van der Waals surface area contributed by atoms with Crippen LogP contribution in [0.1, 0.15) is 55.8 Å². The van der Waals surface area contributed by atoms with Crippen molar-refractivity contribution in [2.45, 2.75) is 51.2 Å². The van der Waals surface area contributed by atoms with Crippen LogP contribution in [0.25, 0.3) is 0 Å². The first-order valence-electron chi connectivity index (χ1n) is 22.3. The van der Waals surface area contributed by atoms with Gasteiger partial charge in [-0.2, -0.15) is 0 Å². The number of aromatic carboxylic acids is 1. The fraction of sp³-hybridized carbons (Fsp3) is 0.296. The smallest absolute Gasteiger partial charge is 0.335 e. The van der Waals surface area contributed by atoms with Gasteiger partial charge in [0.15, 0.2) is 23.0 Å². The molecular formula is C54H62N4O9. The largest absolute Gasteiger partial charge is 0.493 e. The van der Waals surface area contributed by atoms with Crippen molar-refractivity contribution >= 4 is 11.9 Å². The molecule has 2 saturated heterocycles. The van der Waals surface area contributed by atoms with E-state index in [9.17, 15) is 9.59 Å². The molecule has 0 bridgehead atoms. The molecule has 0 spiro atoms. The minimum Gasteiger partial charge on any atom is -0.493 e. The quantitative estimate of drug-likeness (QED) is 0.0804. The summed E-state index contributed by atoms with van der Waals surface area (Å²) < 4.78 is 33.2. The van der Waals surface area contributed by atoms with E-state index < -0.39 is 5.97 Å². The lowest BCUT2D eigenvalue weighted by Gasteiger charge is -2.18. The zero-order valence-corrected chi connectivity index (χ0v) is 38.8. The van der Waals surface area contributed by atoms with E-state index in [-0.39, 0.29) is 17.5 Å². The highest BCUT2D eigenvalue weighted by molar-refractivity contribution is 5.96. The Morgan fingerprint density at radius 1 is 0.552 bits per heavy atom. The van der Waals surface area contributed by atoms with E-state index in [2.05, 4.69) is 69.7 Å². The molecular weight excluding hydrogens is 849 g/mol. The number of carbonyl (C=O) groups is 2. The van der Waals surface area contributed by atoms with Crippen LogP contribution in [0.5, 0.6) is 34.5 Å². The van der Waals surface area contributed by atoms with Crippen LogP contribution >= 0.6 is 0 Å². The highest BCUT2D eigenvalue weighted by atomic mass is 16.5. The van der Waals surface area contributed by atoms with Crippen LogP contribution in [0.4, 0.5) is 0 Å². The maximum Gasteiger partial charge on any atom is 0.335 e.